The maximum atomic E-state index is 14.6. The molecule has 4 rings (SSSR count). The molecule has 7 nitrogen and oxygen atoms in total. The number of halogens is 2. The Bertz CT molecular complexity index is 1790. The lowest BCUT2D eigenvalue weighted by Crippen LogP contribution is -2.56. The second-order valence-corrected chi connectivity index (χ2v) is 15.0. The molecule has 0 aliphatic rings. The van der Waals surface area contributed by atoms with Gasteiger partial charge in [0.15, 0.2) is 0 Å². The van der Waals surface area contributed by atoms with Crippen molar-refractivity contribution in [2.45, 2.75) is 64.1 Å². The minimum Gasteiger partial charge on any atom is -0.350 e. The van der Waals surface area contributed by atoms with Crippen molar-refractivity contribution in [2.75, 3.05) is 10.8 Å². The molecular formula is C36H39Cl2N3O4S. The highest BCUT2D eigenvalue weighted by Crippen LogP contribution is 2.30. The van der Waals surface area contributed by atoms with Crippen LogP contribution < -0.4 is 9.62 Å². The zero-order chi connectivity index (χ0) is 33.6. The normalized spacial score (nSPS) is 12.3. The van der Waals surface area contributed by atoms with Crippen molar-refractivity contribution < 1.29 is 18.0 Å². The Morgan fingerprint density at radius 2 is 1.48 bits per heavy atom. The molecule has 0 aromatic heterocycles. The van der Waals surface area contributed by atoms with E-state index in [1.807, 2.05) is 58.0 Å². The quantitative estimate of drug-likeness (QED) is 0.179. The smallest absolute Gasteiger partial charge is 0.264 e. The summed E-state index contributed by atoms with van der Waals surface area (Å²) in [5.41, 5.74) is 2.63. The molecule has 0 unspecified atom stereocenters. The Kier molecular flexibility index (Phi) is 11.2. The van der Waals surface area contributed by atoms with E-state index in [1.165, 1.54) is 17.0 Å². The lowest BCUT2D eigenvalue weighted by molar-refractivity contribution is -0.140. The van der Waals surface area contributed by atoms with Crippen molar-refractivity contribution in [3.8, 4) is 0 Å². The van der Waals surface area contributed by atoms with E-state index in [0.29, 0.717) is 26.9 Å². The third-order valence-electron chi connectivity index (χ3n) is 7.38. The van der Waals surface area contributed by atoms with Gasteiger partial charge in [-0.25, -0.2) is 8.42 Å². The van der Waals surface area contributed by atoms with Crippen LogP contribution in [0.5, 0.6) is 0 Å². The monoisotopic (exact) mass is 679 g/mol. The summed E-state index contributed by atoms with van der Waals surface area (Å²) in [6, 6.07) is 26.8. The fourth-order valence-electron chi connectivity index (χ4n) is 5.07. The van der Waals surface area contributed by atoms with Gasteiger partial charge in [0.1, 0.15) is 12.6 Å². The van der Waals surface area contributed by atoms with Crippen molar-refractivity contribution in [2.24, 2.45) is 0 Å². The van der Waals surface area contributed by atoms with Crippen LogP contribution >= 0.6 is 23.2 Å². The van der Waals surface area contributed by atoms with Crippen LogP contribution in [-0.4, -0.2) is 43.3 Å². The van der Waals surface area contributed by atoms with Crippen LogP contribution in [0.15, 0.2) is 102 Å². The van der Waals surface area contributed by atoms with Crippen LogP contribution in [0, 0.1) is 13.8 Å². The van der Waals surface area contributed by atoms with Gasteiger partial charge in [-0.1, -0.05) is 89.4 Å². The molecule has 0 aliphatic heterocycles. The summed E-state index contributed by atoms with van der Waals surface area (Å²) in [6.07, 6.45) is 0.198. The zero-order valence-electron chi connectivity index (χ0n) is 26.6. The summed E-state index contributed by atoms with van der Waals surface area (Å²) < 4.78 is 29.6. The van der Waals surface area contributed by atoms with Gasteiger partial charge in [-0.15, -0.1) is 0 Å². The molecule has 1 N–H and O–H groups in total. The second kappa shape index (κ2) is 14.7. The molecule has 10 heteroatoms. The second-order valence-electron chi connectivity index (χ2n) is 12.3. The first-order valence-corrected chi connectivity index (χ1v) is 17.1. The SMILES string of the molecule is Cc1ccc(S(=O)(=O)N(CC(=O)N(Cc2ccccc2Cl)[C@@H](Cc2ccccc2)C(=O)NC(C)(C)C)c2ccc(Cl)cc2C)cc1. The van der Waals surface area contributed by atoms with Crippen LogP contribution in [0.3, 0.4) is 0 Å². The van der Waals surface area contributed by atoms with Gasteiger partial charge in [0, 0.05) is 28.5 Å². The number of nitrogens with one attached hydrogen (secondary N) is 1. The fourth-order valence-corrected chi connectivity index (χ4v) is 6.97. The molecule has 4 aromatic carbocycles. The standard InChI is InChI=1S/C36H39Cl2N3O4S/c1-25-15-18-30(19-16-25)46(44,45)41(32-20-17-29(37)21-26(32)2)24-34(42)40(23-28-13-9-10-14-31(28)38)33(35(43)39-36(3,4)5)22-27-11-7-6-8-12-27/h6-21,33H,22-24H2,1-5H3,(H,39,43)/t33-/m0/s1. The van der Waals surface area contributed by atoms with E-state index in [2.05, 4.69) is 5.32 Å². The van der Waals surface area contributed by atoms with Crippen LogP contribution in [-0.2, 0) is 32.6 Å². The number of carbonyl (C=O) groups excluding carboxylic acids is 2. The molecular weight excluding hydrogens is 641 g/mol. The van der Waals surface area contributed by atoms with Crippen molar-refractivity contribution in [1.82, 2.24) is 10.2 Å². The number of rotatable bonds is 11. The summed E-state index contributed by atoms with van der Waals surface area (Å²) >= 11 is 12.8. The number of carbonyl (C=O) groups is 2. The van der Waals surface area contributed by atoms with Gasteiger partial charge < -0.3 is 10.2 Å². The third-order valence-corrected chi connectivity index (χ3v) is 9.76. The number of hydrogen-bond donors (Lipinski definition) is 1. The van der Waals surface area contributed by atoms with E-state index < -0.39 is 34.1 Å². The van der Waals surface area contributed by atoms with Gasteiger partial charge in [-0.05, 0) is 87.7 Å². The number of nitrogens with zero attached hydrogens (tertiary/aromatic N) is 2. The molecule has 242 valence electrons. The molecule has 1 atom stereocenters. The molecule has 0 fully saturated rings. The summed E-state index contributed by atoms with van der Waals surface area (Å²) in [7, 11) is -4.23. The Morgan fingerprint density at radius 1 is 0.848 bits per heavy atom. The third kappa shape index (κ3) is 8.90. The predicted octanol–water partition coefficient (Wildman–Crippen LogP) is 7.36. The molecule has 0 aliphatic carbocycles. The lowest BCUT2D eigenvalue weighted by atomic mass is 10.0. The van der Waals surface area contributed by atoms with Gasteiger partial charge in [-0.3, -0.25) is 13.9 Å². The first-order chi connectivity index (χ1) is 21.7. The number of anilines is 1. The Balaban J connectivity index is 1.85. The van der Waals surface area contributed by atoms with E-state index in [0.717, 1.165) is 15.4 Å². The molecule has 0 saturated carbocycles. The van der Waals surface area contributed by atoms with E-state index in [4.69, 9.17) is 23.2 Å². The minimum absolute atomic E-state index is 0.0222. The highest BCUT2D eigenvalue weighted by atomic mass is 35.5. The largest absolute Gasteiger partial charge is 0.350 e. The van der Waals surface area contributed by atoms with Crippen molar-refractivity contribution in [1.29, 1.82) is 0 Å². The van der Waals surface area contributed by atoms with Gasteiger partial charge in [0.25, 0.3) is 10.0 Å². The van der Waals surface area contributed by atoms with Crippen LogP contribution in [0.1, 0.15) is 43.0 Å². The Hall–Kier alpha value is -3.85. The maximum Gasteiger partial charge on any atom is 0.264 e. The summed E-state index contributed by atoms with van der Waals surface area (Å²) in [5, 5.41) is 3.88. The highest BCUT2D eigenvalue weighted by molar-refractivity contribution is 7.92. The highest BCUT2D eigenvalue weighted by Gasteiger charge is 2.36. The zero-order valence-corrected chi connectivity index (χ0v) is 29.0. The maximum absolute atomic E-state index is 14.6. The van der Waals surface area contributed by atoms with Gasteiger partial charge in [0.2, 0.25) is 11.8 Å². The van der Waals surface area contributed by atoms with E-state index in [1.54, 1.807) is 61.5 Å². The van der Waals surface area contributed by atoms with Crippen LogP contribution in [0.4, 0.5) is 5.69 Å². The first kappa shape index (κ1) is 35.0. The van der Waals surface area contributed by atoms with Crippen LogP contribution in [0.2, 0.25) is 10.0 Å². The molecule has 46 heavy (non-hydrogen) atoms. The molecule has 4 aromatic rings. The average Bonchev–Trinajstić information content (AvgIpc) is 2.98. The number of sulfonamides is 1. The molecule has 0 spiro atoms. The van der Waals surface area contributed by atoms with Crippen LogP contribution in [0.25, 0.3) is 0 Å². The van der Waals surface area contributed by atoms with Gasteiger partial charge in [0.05, 0.1) is 10.6 Å². The number of amides is 2. The van der Waals surface area contributed by atoms with Crippen molar-refractivity contribution in [3.05, 3.63) is 129 Å². The Labute approximate surface area is 282 Å². The summed E-state index contributed by atoms with van der Waals surface area (Å²) in [5.74, 6) is -0.942. The lowest BCUT2D eigenvalue weighted by Gasteiger charge is -2.35. The molecule has 0 saturated heterocycles. The molecule has 0 heterocycles. The fraction of sp³-hybridized carbons (Fsp3) is 0.278. The average molecular weight is 681 g/mol. The number of hydrogen-bond acceptors (Lipinski definition) is 4. The van der Waals surface area contributed by atoms with E-state index in [9.17, 15) is 18.0 Å². The Morgan fingerprint density at radius 3 is 2.09 bits per heavy atom. The summed E-state index contributed by atoms with van der Waals surface area (Å²) in [4.78, 5) is 30.1. The van der Waals surface area contributed by atoms with E-state index >= 15 is 0 Å². The van der Waals surface area contributed by atoms with Crippen molar-refractivity contribution in [3.63, 3.8) is 0 Å². The van der Waals surface area contributed by atoms with Crippen molar-refractivity contribution >= 4 is 50.7 Å². The molecule has 0 bridgehead atoms. The number of benzene rings is 4. The minimum atomic E-state index is -4.23. The molecule has 2 amide bonds. The predicted molar refractivity (Wildman–Crippen MR) is 186 cm³/mol. The number of aryl methyl sites for hydroxylation is 2. The van der Waals surface area contributed by atoms with E-state index in [-0.39, 0.29) is 23.8 Å². The summed E-state index contributed by atoms with van der Waals surface area (Å²) in [6.45, 7) is 8.60. The topological polar surface area (TPSA) is 86.8 Å². The first-order valence-electron chi connectivity index (χ1n) is 14.9. The van der Waals surface area contributed by atoms with Gasteiger partial charge in [-0.2, -0.15) is 0 Å². The van der Waals surface area contributed by atoms with Gasteiger partial charge >= 0.3 is 0 Å². The molecule has 0 radical (unpaired) electrons.